The Morgan fingerprint density at radius 1 is 0.283 bits per heavy atom. The highest BCUT2D eigenvalue weighted by Crippen LogP contribution is 2.43. The van der Waals surface area contributed by atoms with Crippen LogP contribution >= 0.6 is 0 Å². The lowest BCUT2D eigenvalue weighted by Crippen LogP contribution is -2.03. The van der Waals surface area contributed by atoms with Gasteiger partial charge >= 0.3 is 0 Å². The Kier molecular flexibility index (Phi) is 7.78. The van der Waals surface area contributed by atoms with Gasteiger partial charge in [0.05, 0.1) is 27.6 Å². The first kappa shape index (κ1) is 33.9. The first-order chi connectivity index (χ1) is 29.8. The molecule has 0 spiro atoms. The molecule has 0 aliphatic rings. The van der Waals surface area contributed by atoms with Gasteiger partial charge in [-0.2, -0.15) is 0 Å². The largest absolute Gasteiger partial charge is 0.309 e. The maximum atomic E-state index is 5.40. The number of aromatic nitrogens is 5. The zero-order valence-corrected chi connectivity index (χ0v) is 32.4. The lowest BCUT2D eigenvalue weighted by molar-refractivity contribution is 1.07. The molecule has 0 N–H and O–H groups in total. The van der Waals surface area contributed by atoms with Crippen molar-refractivity contribution >= 4 is 54.4 Å². The van der Waals surface area contributed by atoms with E-state index in [0.717, 1.165) is 66.3 Å². The molecule has 0 radical (unpaired) electrons. The monoisotopic (exact) mass is 765 g/mol. The van der Waals surface area contributed by atoms with Gasteiger partial charge in [0, 0.05) is 44.0 Å². The van der Waals surface area contributed by atoms with Gasteiger partial charge in [-0.25, -0.2) is 15.0 Å². The van der Waals surface area contributed by atoms with E-state index in [1.54, 1.807) is 0 Å². The fraction of sp³-hybridized carbons (Fsp3) is 0. The fourth-order valence-corrected chi connectivity index (χ4v) is 9.02. The van der Waals surface area contributed by atoms with Crippen LogP contribution in [0.1, 0.15) is 0 Å². The third-order valence-electron chi connectivity index (χ3n) is 11.8. The summed E-state index contributed by atoms with van der Waals surface area (Å²) in [6, 6.07) is 75.1. The summed E-state index contributed by atoms with van der Waals surface area (Å²) in [4.78, 5) is 15.9. The number of benzene rings is 9. The van der Waals surface area contributed by atoms with Gasteiger partial charge in [0.2, 0.25) is 0 Å². The molecule has 0 amide bonds. The molecule has 0 aliphatic carbocycles. The Bertz CT molecular complexity index is 3570. The van der Waals surface area contributed by atoms with Crippen LogP contribution in [0.2, 0.25) is 0 Å². The van der Waals surface area contributed by atoms with Crippen LogP contribution in [0.3, 0.4) is 0 Å². The first-order valence-corrected chi connectivity index (χ1v) is 20.3. The highest BCUT2D eigenvalue weighted by molar-refractivity contribution is 6.21. The molecule has 9 aromatic carbocycles. The second kappa shape index (κ2) is 13.8. The van der Waals surface area contributed by atoms with E-state index < -0.39 is 0 Å². The van der Waals surface area contributed by atoms with E-state index in [2.05, 4.69) is 197 Å². The molecule has 0 saturated carbocycles. The van der Waals surface area contributed by atoms with Crippen molar-refractivity contribution in [3.05, 3.63) is 212 Å². The van der Waals surface area contributed by atoms with Crippen molar-refractivity contribution in [3.63, 3.8) is 0 Å². The van der Waals surface area contributed by atoms with Crippen molar-refractivity contribution in [2.45, 2.75) is 0 Å². The molecule has 280 valence electrons. The average Bonchev–Trinajstić information content (AvgIpc) is 3.83. The average molecular weight is 766 g/mol. The van der Waals surface area contributed by atoms with Crippen LogP contribution < -0.4 is 0 Å². The molecule has 3 aromatic heterocycles. The number of rotatable bonds is 6. The minimum Gasteiger partial charge on any atom is -0.309 e. The quantitative estimate of drug-likeness (QED) is 0.169. The topological polar surface area (TPSA) is 48.5 Å². The van der Waals surface area contributed by atoms with Crippen molar-refractivity contribution in [2.75, 3.05) is 0 Å². The summed E-state index contributed by atoms with van der Waals surface area (Å²) in [7, 11) is 0. The normalized spacial score (nSPS) is 11.7. The number of nitrogens with zero attached hydrogens (tertiary/aromatic N) is 5. The standard InChI is InChI=1S/C55H35N5/c1-4-16-36(17-5-1)37-28-30-39(31-29-37)54-56-53(38-18-6-2-7-19-38)57-55(58-54)51-43-23-11-10-20-40(43)34-47-45-25-13-15-27-49(45)60(52(47)51)42-32-33-50-46(35-42)44-24-12-14-26-48(44)59(50)41-21-8-3-9-22-41/h1-35H. The van der Waals surface area contributed by atoms with Gasteiger partial charge in [-0.1, -0.05) is 164 Å². The Morgan fingerprint density at radius 2 is 0.767 bits per heavy atom. The lowest BCUT2D eigenvalue weighted by atomic mass is 9.99. The molecule has 5 nitrogen and oxygen atoms in total. The smallest absolute Gasteiger partial charge is 0.166 e. The van der Waals surface area contributed by atoms with Gasteiger partial charge in [0.25, 0.3) is 0 Å². The number of fused-ring (bicyclic) bond motifs is 7. The summed E-state index contributed by atoms with van der Waals surface area (Å²) < 4.78 is 4.78. The zero-order valence-electron chi connectivity index (χ0n) is 32.4. The Labute approximate surface area is 346 Å². The van der Waals surface area contributed by atoms with Gasteiger partial charge in [-0.15, -0.1) is 0 Å². The molecule has 12 aromatic rings. The van der Waals surface area contributed by atoms with Crippen molar-refractivity contribution < 1.29 is 0 Å². The maximum Gasteiger partial charge on any atom is 0.166 e. The van der Waals surface area contributed by atoms with E-state index in [9.17, 15) is 0 Å². The van der Waals surface area contributed by atoms with Crippen LogP contribution in [0.5, 0.6) is 0 Å². The number of para-hydroxylation sites is 3. The van der Waals surface area contributed by atoms with Crippen LogP contribution in [0.25, 0.3) is 111 Å². The SMILES string of the molecule is c1ccc(-c2ccc(-c3nc(-c4ccccc4)nc(-c4c5ccccc5cc5c6ccccc6n(-c6ccc7c(c6)c6ccccc6n7-c6ccccc6)c45)n3)cc2)cc1. The van der Waals surface area contributed by atoms with Crippen LogP contribution in [0, 0.1) is 0 Å². The summed E-state index contributed by atoms with van der Waals surface area (Å²) in [6.45, 7) is 0. The molecule has 0 saturated heterocycles. The van der Waals surface area contributed by atoms with Crippen molar-refractivity contribution in [3.8, 4) is 56.7 Å². The molecular weight excluding hydrogens is 731 g/mol. The van der Waals surface area contributed by atoms with E-state index in [-0.39, 0.29) is 0 Å². The summed E-state index contributed by atoms with van der Waals surface area (Å²) >= 11 is 0. The molecular formula is C55H35N5. The predicted octanol–water partition coefficient (Wildman–Crippen LogP) is 13.9. The van der Waals surface area contributed by atoms with Gasteiger partial charge in [-0.05, 0) is 70.4 Å². The molecule has 0 bridgehead atoms. The Hall–Kier alpha value is -8.15. The summed E-state index contributed by atoms with van der Waals surface area (Å²) in [6.07, 6.45) is 0. The second-order valence-corrected chi connectivity index (χ2v) is 15.2. The molecule has 0 fully saturated rings. The van der Waals surface area contributed by atoms with E-state index in [1.807, 2.05) is 24.3 Å². The van der Waals surface area contributed by atoms with Gasteiger partial charge in [0.15, 0.2) is 17.5 Å². The van der Waals surface area contributed by atoms with Crippen molar-refractivity contribution in [1.29, 1.82) is 0 Å². The highest BCUT2D eigenvalue weighted by Gasteiger charge is 2.24. The third kappa shape index (κ3) is 5.44. The summed E-state index contributed by atoms with van der Waals surface area (Å²) in [5.74, 6) is 1.87. The molecule has 0 unspecified atom stereocenters. The third-order valence-corrected chi connectivity index (χ3v) is 11.8. The number of hydrogen-bond donors (Lipinski definition) is 0. The molecule has 12 rings (SSSR count). The highest BCUT2D eigenvalue weighted by atomic mass is 15.1. The first-order valence-electron chi connectivity index (χ1n) is 20.3. The molecule has 0 aliphatic heterocycles. The van der Waals surface area contributed by atoms with Crippen LogP contribution in [0.4, 0.5) is 0 Å². The van der Waals surface area contributed by atoms with Crippen molar-refractivity contribution in [1.82, 2.24) is 24.1 Å². The maximum absolute atomic E-state index is 5.40. The molecule has 60 heavy (non-hydrogen) atoms. The Morgan fingerprint density at radius 3 is 1.47 bits per heavy atom. The van der Waals surface area contributed by atoms with E-state index in [4.69, 9.17) is 15.0 Å². The summed E-state index contributed by atoms with van der Waals surface area (Å²) in [5, 5.41) is 6.90. The van der Waals surface area contributed by atoms with E-state index in [0.29, 0.717) is 17.5 Å². The predicted molar refractivity (Wildman–Crippen MR) is 248 cm³/mol. The van der Waals surface area contributed by atoms with Gasteiger partial charge in [0.1, 0.15) is 0 Å². The molecule has 3 heterocycles. The number of hydrogen-bond acceptors (Lipinski definition) is 3. The van der Waals surface area contributed by atoms with Gasteiger partial charge < -0.3 is 9.13 Å². The van der Waals surface area contributed by atoms with E-state index >= 15 is 0 Å². The fourth-order valence-electron chi connectivity index (χ4n) is 9.02. The minimum absolute atomic E-state index is 0.623. The van der Waals surface area contributed by atoms with Crippen molar-refractivity contribution in [2.24, 2.45) is 0 Å². The Balaban J connectivity index is 1.16. The van der Waals surface area contributed by atoms with Crippen LogP contribution in [-0.4, -0.2) is 24.1 Å². The molecule has 5 heteroatoms. The summed E-state index contributed by atoms with van der Waals surface area (Å²) in [5.41, 5.74) is 11.8. The molecule has 0 atom stereocenters. The van der Waals surface area contributed by atoms with Crippen LogP contribution in [-0.2, 0) is 0 Å². The van der Waals surface area contributed by atoms with Crippen LogP contribution in [0.15, 0.2) is 212 Å². The minimum atomic E-state index is 0.623. The zero-order chi connectivity index (χ0) is 39.6. The second-order valence-electron chi connectivity index (χ2n) is 15.2. The van der Waals surface area contributed by atoms with Gasteiger partial charge in [-0.3, -0.25) is 0 Å². The van der Waals surface area contributed by atoms with E-state index in [1.165, 1.54) is 27.2 Å². The lowest BCUT2D eigenvalue weighted by Gasteiger charge is -2.15.